The standard InChI is InChI=1S/C21H22F2N4O2/c1-3-27(11-19-25-18-7-5-4-6-16(18)21(29)26-19)12-20(28)24-13(2)15-9-8-14(22)10-17(15)23/h4-10,13H,3,11-12H2,1-2H3,(H,24,28)(H,25,26,29)/p+1/t13-/m0/s1. The molecule has 2 atom stereocenters. The summed E-state index contributed by atoms with van der Waals surface area (Å²) in [6.07, 6.45) is 0. The summed E-state index contributed by atoms with van der Waals surface area (Å²) in [4.78, 5) is 32.7. The molecule has 1 amide bonds. The summed E-state index contributed by atoms with van der Waals surface area (Å²) in [5.41, 5.74) is 0.607. The molecular weight excluding hydrogens is 378 g/mol. The third-order valence-electron chi connectivity index (χ3n) is 4.80. The SMILES string of the molecule is CC[NH+](CC(=O)N[C@@H](C)c1ccc(F)cc1F)Cc1nc2ccccc2c(=O)[nH]1. The second-order valence-electron chi connectivity index (χ2n) is 6.94. The van der Waals surface area contributed by atoms with Gasteiger partial charge in [-0.25, -0.2) is 13.8 Å². The predicted molar refractivity (Wildman–Crippen MR) is 105 cm³/mol. The average Bonchev–Trinajstić information content (AvgIpc) is 2.67. The Bertz CT molecular complexity index is 1080. The van der Waals surface area contributed by atoms with Gasteiger partial charge < -0.3 is 15.2 Å². The molecule has 0 aliphatic heterocycles. The first-order valence-corrected chi connectivity index (χ1v) is 9.43. The van der Waals surface area contributed by atoms with E-state index < -0.39 is 17.7 Å². The van der Waals surface area contributed by atoms with Crippen LogP contribution >= 0.6 is 0 Å². The lowest BCUT2D eigenvalue weighted by atomic mass is 10.1. The van der Waals surface area contributed by atoms with Gasteiger partial charge in [-0.15, -0.1) is 0 Å². The van der Waals surface area contributed by atoms with Gasteiger partial charge in [-0.05, 0) is 32.0 Å². The molecule has 0 aliphatic rings. The first-order valence-electron chi connectivity index (χ1n) is 9.43. The van der Waals surface area contributed by atoms with Gasteiger partial charge in [0.25, 0.3) is 11.5 Å². The van der Waals surface area contributed by atoms with Gasteiger partial charge in [0.2, 0.25) is 0 Å². The van der Waals surface area contributed by atoms with Gasteiger partial charge in [-0.2, -0.15) is 0 Å². The number of quaternary nitrogens is 1. The number of likely N-dealkylation sites (N-methyl/N-ethyl adjacent to an activating group) is 1. The Hall–Kier alpha value is -3.13. The molecule has 8 heteroatoms. The molecule has 1 aromatic heterocycles. The van der Waals surface area contributed by atoms with Crippen molar-refractivity contribution in [2.75, 3.05) is 13.1 Å². The molecule has 1 unspecified atom stereocenters. The lowest BCUT2D eigenvalue weighted by Crippen LogP contribution is -3.11. The Morgan fingerprint density at radius 3 is 2.72 bits per heavy atom. The fourth-order valence-corrected chi connectivity index (χ4v) is 3.22. The van der Waals surface area contributed by atoms with Crippen LogP contribution in [0.4, 0.5) is 8.78 Å². The maximum absolute atomic E-state index is 13.9. The van der Waals surface area contributed by atoms with Crippen molar-refractivity contribution in [2.45, 2.75) is 26.4 Å². The molecule has 0 fully saturated rings. The smallest absolute Gasteiger partial charge is 0.275 e. The highest BCUT2D eigenvalue weighted by Gasteiger charge is 2.19. The maximum atomic E-state index is 13.9. The Morgan fingerprint density at radius 1 is 1.24 bits per heavy atom. The van der Waals surface area contributed by atoms with Gasteiger partial charge in [0, 0.05) is 11.6 Å². The molecule has 0 radical (unpaired) electrons. The number of aromatic amines is 1. The maximum Gasteiger partial charge on any atom is 0.275 e. The molecule has 152 valence electrons. The second-order valence-corrected chi connectivity index (χ2v) is 6.94. The molecular formula is C21H23F2N4O2+. The lowest BCUT2D eigenvalue weighted by molar-refractivity contribution is -0.904. The van der Waals surface area contributed by atoms with E-state index in [1.165, 1.54) is 6.07 Å². The number of aromatic nitrogens is 2. The van der Waals surface area contributed by atoms with E-state index in [-0.39, 0.29) is 23.6 Å². The van der Waals surface area contributed by atoms with Crippen molar-refractivity contribution in [3.8, 4) is 0 Å². The zero-order valence-electron chi connectivity index (χ0n) is 16.3. The van der Waals surface area contributed by atoms with Crippen molar-refractivity contribution in [3.05, 3.63) is 75.8 Å². The monoisotopic (exact) mass is 401 g/mol. The third-order valence-corrected chi connectivity index (χ3v) is 4.80. The van der Waals surface area contributed by atoms with Crippen LogP contribution in [0.25, 0.3) is 10.9 Å². The second kappa shape index (κ2) is 8.91. The number of benzene rings is 2. The first-order chi connectivity index (χ1) is 13.9. The number of nitrogens with zero attached hydrogens (tertiary/aromatic N) is 1. The number of para-hydroxylation sites is 1. The van der Waals surface area contributed by atoms with E-state index in [9.17, 15) is 18.4 Å². The van der Waals surface area contributed by atoms with Gasteiger partial charge in [-0.1, -0.05) is 18.2 Å². The third kappa shape index (κ3) is 5.03. The zero-order valence-corrected chi connectivity index (χ0v) is 16.3. The molecule has 2 aromatic carbocycles. The number of rotatable bonds is 7. The summed E-state index contributed by atoms with van der Waals surface area (Å²) in [6, 6.07) is 9.74. The normalized spacial score (nSPS) is 13.2. The van der Waals surface area contributed by atoms with Crippen LogP contribution in [0.3, 0.4) is 0 Å². The minimum atomic E-state index is -0.699. The van der Waals surface area contributed by atoms with Crippen molar-refractivity contribution < 1.29 is 18.5 Å². The Morgan fingerprint density at radius 2 is 2.00 bits per heavy atom. The average molecular weight is 401 g/mol. The molecule has 3 rings (SSSR count). The van der Waals surface area contributed by atoms with Crippen LogP contribution in [0.2, 0.25) is 0 Å². The summed E-state index contributed by atoms with van der Waals surface area (Å²) in [5, 5.41) is 3.25. The number of carbonyl (C=O) groups is 1. The van der Waals surface area contributed by atoms with E-state index in [2.05, 4.69) is 15.3 Å². The number of halogens is 2. The molecule has 29 heavy (non-hydrogen) atoms. The molecule has 0 bridgehead atoms. The minimum Gasteiger partial charge on any atom is -0.345 e. The number of carbonyl (C=O) groups excluding carboxylic acids is 1. The Kier molecular flexibility index (Phi) is 6.33. The highest BCUT2D eigenvalue weighted by molar-refractivity contribution is 5.77. The van der Waals surface area contributed by atoms with Crippen LogP contribution in [-0.4, -0.2) is 29.0 Å². The number of hydrogen-bond acceptors (Lipinski definition) is 3. The van der Waals surface area contributed by atoms with Crippen LogP contribution in [0, 0.1) is 11.6 Å². The summed E-state index contributed by atoms with van der Waals surface area (Å²) in [7, 11) is 0. The van der Waals surface area contributed by atoms with Gasteiger partial charge >= 0.3 is 0 Å². The summed E-state index contributed by atoms with van der Waals surface area (Å²) >= 11 is 0. The minimum absolute atomic E-state index is 0.125. The number of hydrogen-bond donors (Lipinski definition) is 3. The quantitative estimate of drug-likeness (QED) is 0.561. The summed E-state index contributed by atoms with van der Waals surface area (Å²) in [6.45, 7) is 4.68. The van der Waals surface area contributed by atoms with Crippen LogP contribution in [-0.2, 0) is 11.3 Å². The van der Waals surface area contributed by atoms with Crippen LogP contribution in [0.15, 0.2) is 47.3 Å². The first kappa shape index (κ1) is 20.6. The van der Waals surface area contributed by atoms with E-state index in [1.807, 2.05) is 13.0 Å². The Balaban J connectivity index is 1.66. The molecule has 0 aliphatic carbocycles. The van der Waals surface area contributed by atoms with Crippen LogP contribution in [0.5, 0.6) is 0 Å². The van der Waals surface area contributed by atoms with Crippen molar-refractivity contribution in [1.29, 1.82) is 0 Å². The van der Waals surface area contributed by atoms with Crippen LogP contribution in [0.1, 0.15) is 31.3 Å². The zero-order chi connectivity index (χ0) is 21.0. The van der Waals surface area contributed by atoms with Gasteiger partial charge in [0.1, 0.15) is 18.2 Å². The highest BCUT2D eigenvalue weighted by atomic mass is 19.1. The molecule has 0 saturated carbocycles. The molecule has 0 saturated heterocycles. The topological polar surface area (TPSA) is 79.3 Å². The number of amides is 1. The van der Waals surface area contributed by atoms with E-state index in [4.69, 9.17) is 0 Å². The lowest BCUT2D eigenvalue weighted by Gasteiger charge is -2.19. The molecule has 3 N–H and O–H groups in total. The molecule has 0 spiro atoms. The van der Waals surface area contributed by atoms with Gasteiger partial charge in [0.15, 0.2) is 12.4 Å². The fourth-order valence-electron chi connectivity index (χ4n) is 3.22. The number of H-pyrrole nitrogens is 1. The highest BCUT2D eigenvalue weighted by Crippen LogP contribution is 2.17. The van der Waals surface area contributed by atoms with Crippen molar-refractivity contribution >= 4 is 16.8 Å². The van der Waals surface area contributed by atoms with Gasteiger partial charge in [0.05, 0.1) is 23.5 Å². The molecule has 1 heterocycles. The van der Waals surface area contributed by atoms with E-state index in [1.54, 1.807) is 25.1 Å². The number of nitrogens with one attached hydrogen (secondary N) is 3. The van der Waals surface area contributed by atoms with Gasteiger partial charge in [-0.3, -0.25) is 9.59 Å². The van der Waals surface area contributed by atoms with E-state index in [0.717, 1.165) is 17.0 Å². The van der Waals surface area contributed by atoms with Crippen molar-refractivity contribution in [1.82, 2.24) is 15.3 Å². The molecule has 6 nitrogen and oxygen atoms in total. The van der Waals surface area contributed by atoms with Crippen molar-refractivity contribution in [2.24, 2.45) is 0 Å². The predicted octanol–water partition coefficient (Wildman–Crippen LogP) is 1.48. The van der Waals surface area contributed by atoms with Crippen molar-refractivity contribution in [3.63, 3.8) is 0 Å². The fraction of sp³-hybridized carbons (Fsp3) is 0.286. The largest absolute Gasteiger partial charge is 0.345 e. The molecule has 3 aromatic rings. The summed E-state index contributed by atoms with van der Waals surface area (Å²) < 4.78 is 27.0. The summed E-state index contributed by atoms with van der Waals surface area (Å²) in [5.74, 6) is -1.14. The Labute approximate surface area is 166 Å². The van der Waals surface area contributed by atoms with Crippen LogP contribution < -0.4 is 15.8 Å². The van der Waals surface area contributed by atoms with E-state index in [0.29, 0.717) is 29.8 Å². The van der Waals surface area contributed by atoms with E-state index >= 15 is 0 Å². The number of fused-ring (bicyclic) bond motifs is 1.